The Hall–Kier alpha value is -0.250. The van der Waals surface area contributed by atoms with Gasteiger partial charge < -0.3 is 5.32 Å². The number of hydrogen-bond donors (Lipinski definition) is 1. The third kappa shape index (κ3) is 6.64. The van der Waals surface area contributed by atoms with Crippen LogP contribution in [0.25, 0.3) is 0 Å². The molecule has 1 nitrogen and oxygen atoms in total. The molecular formula is C15H28F3N. The van der Waals surface area contributed by atoms with Gasteiger partial charge >= 0.3 is 6.18 Å². The highest BCUT2D eigenvalue weighted by atomic mass is 19.4. The summed E-state index contributed by atoms with van der Waals surface area (Å²) in [5.74, 6) is -1.12. The molecule has 1 aliphatic carbocycles. The number of rotatable bonds is 8. The fourth-order valence-electron chi connectivity index (χ4n) is 2.96. The number of alkyl halides is 3. The Balaban J connectivity index is 2.15. The van der Waals surface area contributed by atoms with E-state index in [0.29, 0.717) is 12.8 Å². The summed E-state index contributed by atoms with van der Waals surface area (Å²) in [6, 6.07) is -0.343. The highest BCUT2D eigenvalue weighted by molar-refractivity contribution is 4.85. The van der Waals surface area contributed by atoms with Gasteiger partial charge in [0.05, 0.1) is 5.92 Å². The maximum atomic E-state index is 12.9. The molecule has 19 heavy (non-hydrogen) atoms. The molecule has 0 aromatic heterocycles. The van der Waals surface area contributed by atoms with Crippen LogP contribution in [0.4, 0.5) is 13.2 Å². The van der Waals surface area contributed by atoms with Crippen LogP contribution >= 0.6 is 0 Å². The summed E-state index contributed by atoms with van der Waals surface area (Å²) in [5, 5.41) is 3.15. The Labute approximate surface area is 115 Å². The van der Waals surface area contributed by atoms with Crippen LogP contribution in [0.5, 0.6) is 0 Å². The largest absolute Gasteiger partial charge is 0.393 e. The molecule has 114 valence electrons. The molecular weight excluding hydrogens is 251 g/mol. The van der Waals surface area contributed by atoms with Crippen LogP contribution in [0.3, 0.4) is 0 Å². The molecule has 1 rings (SSSR count). The average Bonchev–Trinajstić information content (AvgIpc) is 2.37. The van der Waals surface area contributed by atoms with Crippen molar-refractivity contribution in [3.63, 3.8) is 0 Å². The van der Waals surface area contributed by atoms with E-state index in [0.717, 1.165) is 32.2 Å². The van der Waals surface area contributed by atoms with Crippen molar-refractivity contribution >= 4 is 0 Å². The summed E-state index contributed by atoms with van der Waals surface area (Å²) in [5.41, 5.74) is 0. The summed E-state index contributed by atoms with van der Waals surface area (Å²) in [6.07, 6.45) is 5.71. The fraction of sp³-hybridized carbons (Fsp3) is 1.00. The van der Waals surface area contributed by atoms with Gasteiger partial charge in [-0.15, -0.1) is 0 Å². The number of halogens is 3. The maximum Gasteiger partial charge on any atom is 0.393 e. The molecule has 0 aromatic carbocycles. The van der Waals surface area contributed by atoms with E-state index in [9.17, 15) is 13.2 Å². The third-order valence-corrected chi connectivity index (χ3v) is 4.12. The van der Waals surface area contributed by atoms with Crippen LogP contribution in [0, 0.1) is 5.92 Å². The van der Waals surface area contributed by atoms with Crippen molar-refractivity contribution in [1.82, 2.24) is 5.32 Å². The van der Waals surface area contributed by atoms with E-state index in [1.165, 1.54) is 25.7 Å². The predicted molar refractivity (Wildman–Crippen MR) is 73.2 cm³/mol. The van der Waals surface area contributed by atoms with Crippen molar-refractivity contribution in [2.24, 2.45) is 5.92 Å². The molecule has 0 spiro atoms. The summed E-state index contributed by atoms with van der Waals surface area (Å²) >= 11 is 0. The third-order valence-electron chi connectivity index (χ3n) is 4.12. The van der Waals surface area contributed by atoms with E-state index in [1.807, 2.05) is 0 Å². The molecule has 0 amide bonds. The first-order valence-corrected chi connectivity index (χ1v) is 7.85. The Bertz CT molecular complexity index is 228. The van der Waals surface area contributed by atoms with Crippen molar-refractivity contribution in [1.29, 1.82) is 0 Å². The van der Waals surface area contributed by atoms with Gasteiger partial charge in [0, 0.05) is 6.04 Å². The van der Waals surface area contributed by atoms with Crippen LogP contribution in [0.1, 0.15) is 71.1 Å². The molecule has 4 heteroatoms. The van der Waals surface area contributed by atoms with Gasteiger partial charge in [-0.1, -0.05) is 51.9 Å². The van der Waals surface area contributed by atoms with Crippen LogP contribution in [-0.4, -0.2) is 18.8 Å². The zero-order valence-corrected chi connectivity index (χ0v) is 12.1. The number of hydrogen-bond acceptors (Lipinski definition) is 1. The van der Waals surface area contributed by atoms with E-state index >= 15 is 0 Å². The molecule has 1 aliphatic rings. The lowest BCUT2D eigenvalue weighted by molar-refractivity contribution is -0.188. The molecule has 0 radical (unpaired) electrons. The van der Waals surface area contributed by atoms with Crippen molar-refractivity contribution in [2.45, 2.75) is 83.4 Å². The minimum atomic E-state index is -4.03. The van der Waals surface area contributed by atoms with Crippen LogP contribution in [0.2, 0.25) is 0 Å². The van der Waals surface area contributed by atoms with Crippen LogP contribution in [0.15, 0.2) is 0 Å². The minimum absolute atomic E-state index is 0.303. The van der Waals surface area contributed by atoms with Crippen LogP contribution in [-0.2, 0) is 0 Å². The Morgan fingerprint density at radius 3 is 2.26 bits per heavy atom. The van der Waals surface area contributed by atoms with Crippen molar-refractivity contribution < 1.29 is 13.2 Å². The van der Waals surface area contributed by atoms with Gasteiger partial charge in [0.25, 0.3) is 0 Å². The number of nitrogens with one attached hydrogen (secondary N) is 1. The summed E-state index contributed by atoms with van der Waals surface area (Å²) < 4.78 is 38.6. The normalized spacial score (nSPS) is 24.6. The molecule has 0 aliphatic heterocycles. The van der Waals surface area contributed by atoms with E-state index in [-0.39, 0.29) is 6.04 Å². The zero-order valence-electron chi connectivity index (χ0n) is 12.1. The molecule has 2 atom stereocenters. The first-order chi connectivity index (χ1) is 9.05. The topological polar surface area (TPSA) is 12.0 Å². The molecule has 1 fully saturated rings. The van der Waals surface area contributed by atoms with Crippen molar-refractivity contribution in [3.8, 4) is 0 Å². The van der Waals surface area contributed by atoms with E-state index in [2.05, 4.69) is 12.2 Å². The second-order valence-electron chi connectivity index (χ2n) is 5.76. The molecule has 1 N–H and O–H groups in total. The number of unbranched alkanes of at least 4 members (excludes halogenated alkanes) is 5. The van der Waals surface area contributed by atoms with Crippen molar-refractivity contribution in [2.75, 3.05) is 6.54 Å². The predicted octanol–water partition coefficient (Wildman–Crippen LogP) is 5.06. The monoisotopic (exact) mass is 279 g/mol. The van der Waals surface area contributed by atoms with Gasteiger partial charge in [-0.05, 0) is 25.8 Å². The van der Waals surface area contributed by atoms with Gasteiger partial charge in [-0.25, -0.2) is 0 Å². The highest BCUT2D eigenvalue weighted by Crippen LogP contribution is 2.37. The molecule has 0 heterocycles. The second kappa shape index (κ2) is 8.83. The lowest BCUT2D eigenvalue weighted by Gasteiger charge is -2.33. The summed E-state index contributed by atoms with van der Waals surface area (Å²) in [4.78, 5) is 0. The standard InChI is InChI=1S/C15H28F3N/c1-2-3-4-5-6-9-12-19-14-11-8-7-10-13(14)15(16,17)18/h13-14,19H,2-12H2,1H3. The van der Waals surface area contributed by atoms with Gasteiger partial charge in [0.15, 0.2) is 0 Å². The highest BCUT2D eigenvalue weighted by Gasteiger charge is 2.45. The van der Waals surface area contributed by atoms with Crippen LogP contribution < -0.4 is 5.32 Å². The average molecular weight is 279 g/mol. The zero-order chi connectivity index (χ0) is 14.1. The molecule has 0 aromatic rings. The summed E-state index contributed by atoms with van der Waals surface area (Å²) in [6.45, 7) is 2.92. The minimum Gasteiger partial charge on any atom is -0.313 e. The van der Waals surface area contributed by atoms with E-state index < -0.39 is 12.1 Å². The molecule has 0 saturated heterocycles. The fourth-order valence-corrected chi connectivity index (χ4v) is 2.96. The van der Waals surface area contributed by atoms with Gasteiger partial charge in [-0.3, -0.25) is 0 Å². The Kier molecular flexibility index (Phi) is 7.81. The molecule has 1 saturated carbocycles. The van der Waals surface area contributed by atoms with Gasteiger partial charge in [-0.2, -0.15) is 13.2 Å². The Morgan fingerprint density at radius 1 is 0.947 bits per heavy atom. The maximum absolute atomic E-state index is 12.9. The van der Waals surface area contributed by atoms with Gasteiger partial charge in [0.2, 0.25) is 0 Å². The first kappa shape index (κ1) is 16.8. The Morgan fingerprint density at radius 2 is 1.58 bits per heavy atom. The smallest absolute Gasteiger partial charge is 0.313 e. The SMILES string of the molecule is CCCCCCCCNC1CCCCC1C(F)(F)F. The molecule has 0 bridgehead atoms. The lowest BCUT2D eigenvalue weighted by Crippen LogP contribution is -2.45. The second-order valence-corrected chi connectivity index (χ2v) is 5.76. The van der Waals surface area contributed by atoms with Gasteiger partial charge in [0.1, 0.15) is 0 Å². The van der Waals surface area contributed by atoms with Crippen molar-refractivity contribution in [3.05, 3.63) is 0 Å². The quantitative estimate of drug-likeness (QED) is 0.612. The van der Waals surface area contributed by atoms with E-state index in [4.69, 9.17) is 0 Å². The van der Waals surface area contributed by atoms with E-state index in [1.54, 1.807) is 0 Å². The molecule has 2 unspecified atom stereocenters. The summed E-state index contributed by atoms with van der Waals surface area (Å²) in [7, 11) is 0. The first-order valence-electron chi connectivity index (χ1n) is 7.85. The lowest BCUT2D eigenvalue weighted by atomic mass is 9.84.